The molecular formula is C13H21ClN2O2S. The van der Waals surface area contributed by atoms with Crippen LogP contribution in [0.15, 0.2) is 17.2 Å². The van der Waals surface area contributed by atoms with Gasteiger partial charge in [-0.15, -0.1) is 11.6 Å². The van der Waals surface area contributed by atoms with Crippen molar-refractivity contribution >= 4 is 21.6 Å². The van der Waals surface area contributed by atoms with Crippen LogP contribution in [0.25, 0.3) is 0 Å². The Morgan fingerprint density at radius 3 is 2.63 bits per heavy atom. The lowest BCUT2D eigenvalue weighted by molar-refractivity contribution is 0.220. The maximum atomic E-state index is 12.7. The number of hydrogen-bond donors (Lipinski definition) is 0. The van der Waals surface area contributed by atoms with Crippen molar-refractivity contribution in [1.29, 1.82) is 0 Å². The normalized spacial score (nSPS) is 25.7. The van der Waals surface area contributed by atoms with E-state index in [4.69, 9.17) is 11.6 Å². The van der Waals surface area contributed by atoms with E-state index < -0.39 is 10.0 Å². The number of piperidine rings is 1. The number of rotatable bonds is 3. The van der Waals surface area contributed by atoms with Crippen molar-refractivity contribution in [2.45, 2.75) is 43.5 Å². The molecule has 1 aliphatic heterocycles. The first kappa shape index (κ1) is 14.9. The summed E-state index contributed by atoms with van der Waals surface area (Å²) in [6, 6.07) is 1.74. The lowest BCUT2D eigenvalue weighted by Crippen LogP contribution is -2.43. The zero-order valence-corrected chi connectivity index (χ0v) is 13.2. The van der Waals surface area contributed by atoms with Crippen molar-refractivity contribution in [3.05, 3.63) is 18.0 Å². The number of halogens is 1. The van der Waals surface area contributed by atoms with Gasteiger partial charge in [-0.1, -0.05) is 6.92 Å². The van der Waals surface area contributed by atoms with Crippen LogP contribution in [0.1, 0.15) is 32.4 Å². The molecule has 4 nitrogen and oxygen atoms in total. The van der Waals surface area contributed by atoms with Crippen molar-refractivity contribution in [2.24, 2.45) is 13.0 Å². The summed E-state index contributed by atoms with van der Waals surface area (Å²) in [6.45, 7) is 4.77. The number of alkyl halides is 1. The van der Waals surface area contributed by atoms with Gasteiger partial charge < -0.3 is 4.57 Å². The molecule has 108 valence electrons. The van der Waals surface area contributed by atoms with Gasteiger partial charge >= 0.3 is 0 Å². The molecule has 2 unspecified atom stereocenters. The Labute approximate surface area is 120 Å². The fourth-order valence-electron chi connectivity index (χ4n) is 2.73. The van der Waals surface area contributed by atoms with Crippen LogP contribution in [0.3, 0.4) is 0 Å². The molecule has 2 heterocycles. The van der Waals surface area contributed by atoms with Crippen LogP contribution in [0.5, 0.6) is 0 Å². The van der Waals surface area contributed by atoms with Gasteiger partial charge in [0.05, 0.1) is 5.88 Å². The standard InChI is InChI=1S/C13H21ClN2O2S/c1-10-4-5-16(11(2)6-10)19(17,18)13-7-12(8-14)15(3)9-13/h7,9-11H,4-6,8H2,1-3H3. The highest BCUT2D eigenvalue weighted by molar-refractivity contribution is 7.89. The van der Waals surface area contributed by atoms with Crippen LogP contribution in [0, 0.1) is 5.92 Å². The van der Waals surface area contributed by atoms with Crippen LogP contribution in [-0.2, 0) is 23.0 Å². The van der Waals surface area contributed by atoms with E-state index in [1.807, 2.05) is 14.0 Å². The fraction of sp³-hybridized carbons (Fsp3) is 0.692. The van der Waals surface area contributed by atoms with Crippen molar-refractivity contribution in [1.82, 2.24) is 8.87 Å². The molecule has 0 saturated carbocycles. The van der Waals surface area contributed by atoms with Crippen LogP contribution >= 0.6 is 11.6 Å². The number of hydrogen-bond acceptors (Lipinski definition) is 2. The molecule has 0 aromatic carbocycles. The van der Waals surface area contributed by atoms with Crippen molar-refractivity contribution in [2.75, 3.05) is 6.54 Å². The summed E-state index contributed by atoms with van der Waals surface area (Å²) in [4.78, 5) is 0.354. The van der Waals surface area contributed by atoms with E-state index in [-0.39, 0.29) is 6.04 Å². The maximum Gasteiger partial charge on any atom is 0.244 e. The summed E-state index contributed by atoms with van der Waals surface area (Å²) < 4.78 is 28.7. The Morgan fingerprint density at radius 1 is 1.42 bits per heavy atom. The molecule has 2 atom stereocenters. The summed E-state index contributed by atoms with van der Waals surface area (Å²) in [6.07, 6.45) is 3.50. The minimum atomic E-state index is -3.39. The Kier molecular flexibility index (Phi) is 4.28. The first-order chi connectivity index (χ1) is 8.86. The van der Waals surface area contributed by atoms with Crippen LogP contribution in [0.4, 0.5) is 0 Å². The molecule has 0 bridgehead atoms. The molecule has 19 heavy (non-hydrogen) atoms. The molecule has 2 rings (SSSR count). The predicted octanol–water partition coefficient (Wildman–Crippen LogP) is 2.57. The molecule has 1 aromatic heterocycles. The first-order valence-corrected chi connectivity index (χ1v) is 8.56. The molecule has 0 spiro atoms. The Hall–Kier alpha value is -0.520. The highest BCUT2D eigenvalue weighted by Crippen LogP contribution is 2.28. The number of nitrogens with zero attached hydrogens (tertiary/aromatic N) is 2. The van der Waals surface area contributed by atoms with Gasteiger partial charge in [-0.3, -0.25) is 0 Å². The molecule has 0 radical (unpaired) electrons. The van der Waals surface area contributed by atoms with Crippen LogP contribution < -0.4 is 0 Å². The highest BCUT2D eigenvalue weighted by atomic mass is 35.5. The van der Waals surface area contributed by atoms with E-state index in [0.717, 1.165) is 18.5 Å². The molecule has 1 aliphatic rings. The number of aryl methyl sites for hydroxylation is 1. The Morgan fingerprint density at radius 2 is 2.11 bits per heavy atom. The van der Waals surface area contributed by atoms with Crippen molar-refractivity contribution < 1.29 is 8.42 Å². The first-order valence-electron chi connectivity index (χ1n) is 6.59. The number of aromatic nitrogens is 1. The molecule has 6 heteroatoms. The predicted molar refractivity (Wildman–Crippen MR) is 76.7 cm³/mol. The molecule has 0 N–H and O–H groups in total. The largest absolute Gasteiger partial charge is 0.352 e. The van der Waals surface area contributed by atoms with Gasteiger partial charge in [-0.2, -0.15) is 4.31 Å². The average molecular weight is 305 g/mol. The monoisotopic (exact) mass is 304 g/mol. The maximum absolute atomic E-state index is 12.7. The van der Waals surface area contributed by atoms with Crippen LogP contribution in [-0.4, -0.2) is 29.9 Å². The lowest BCUT2D eigenvalue weighted by Gasteiger charge is -2.35. The van der Waals surface area contributed by atoms with Gasteiger partial charge in [0.25, 0.3) is 0 Å². The third-order valence-corrected chi connectivity index (χ3v) is 6.16. The van der Waals surface area contributed by atoms with E-state index in [1.54, 1.807) is 21.1 Å². The molecule has 0 aliphatic carbocycles. The molecule has 0 amide bonds. The zero-order chi connectivity index (χ0) is 14.2. The Bertz CT molecular complexity index is 553. The SMILES string of the molecule is CC1CCN(S(=O)(=O)c2cc(CCl)n(C)c2)C(C)C1. The third kappa shape index (κ3) is 2.83. The summed E-state index contributed by atoms with van der Waals surface area (Å²) in [5.74, 6) is 0.911. The van der Waals surface area contributed by atoms with Crippen molar-refractivity contribution in [3.63, 3.8) is 0 Å². The lowest BCUT2D eigenvalue weighted by atomic mass is 9.95. The van der Waals surface area contributed by atoms with Gasteiger partial charge in [0.2, 0.25) is 10.0 Å². The molecule has 1 aromatic rings. The fourth-order valence-corrected chi connectivity index (χ4v) is 4.75. The smallest absolute Gasteiger partial charge is 0.244 e. The van der Waals surface area contributed by atoms with Gasteiger partial charge in [0.15, 0.2) is 0 Å². The Balaban J connectivity index is 2.31. The second kappa shape index (κ2) is 5.46. The van der Waals surface area contributed by atoms with Crippen LogP contribution in [0.2, 0.25) is 0 Å². The quantitative estimate of drug-likeness (QED) is 0.806. The van der Waals surface area contributed by atoms with Crippen molar-refractivity contribution in [3.8, 4) is 0 Å². The number of sulfonamides is 1. The van der Waals surface area contributed by atoms with E-state index in [0.29, 0.717) is 23.2 Å². The second-order valence-electron chi connectivity index (χ2n) is 5.51. The third-order valence-electron chi connectivity index (χ3n) is 3.90. The molecule has 1 fully saturated rings. The second-order valence-corrected chi connectivity index (χ2v) is 7.66. The van der Waals surface area contributed by atoms with Gasteiger partial charge in [0, 0.05) is 31.5 Å². The zero-order valence-electron chi connectivity index (χ0n) is 11.6. The highest BCUT2D eigenvalue weighted by Gasteiger charge is 2.33. The summed E-state index contributed by atoms with van der Waals surface area (Å²) in [7, 11) is -1.57. The van der Waals surface area contributed by atoms with E-state index >= 15 is 0 Å². The summed E-state index contributed by atoms with van der Waals surface area (Å²) >= 11 is 5.80. The summed E-state index contributed by atoms with van der Waals surface area (Å²) in [5, 5.41) is 0. The van der Waals surface area contributed by atoms with E-state index in [9.17, 15) is 8.42 Å². The minimum absolute atomic E-state index is 0.0633. The average Bonchev–Trinajstić information content (AvgIpc) is 2.70. The van der Waals surface area contributed by atoms with Gasteiger partial charge in [-0.25, -0.2) is 8.42 Å². The molecular weight excluding hydrogens is 284 g/mol. The topological polar surface area (TPSA) is 42.3 Å². The molecule has 1 saturated heterocycles. The van der Waals surface area contributed by atoms with Gasteiger partial charge in [0.1, 0.15) is 4.90 Å². The van der Waals surface area contributed by atoms with E-state index in [1.165, 1.54) is 0 Å². The minimum Gasteiger partial charge on any atom is -0.352 e. The summed E-state index contributed by atoms with van der Waals surface area (Å²) in [5.41, 5.74) is 0.818. The van der Waals surface area contributed by atoms with Gasteiger partial charge in [-0.05, 0) is 31.7 Å². The van der Waals surface area contributed by atoms with E-state index in [2.05, 4.69) is 6.92 Å².